The van der Waals surface area contributed by atoms with Crippen LogP contribution in [0.4, 0.5) is 0 Å². The number of rotatable bonds is 9. The molecule has 1 heterocycles. The second kappa shape index (κ2) is 10.4. The highest BCUT2D eigenvalue weighted by Gasteiger charge is 2.00. The molecule has 0 aliphatic heterocycles. The molecule has 0 amide bonds. The third-order valence-corrected chi connectivity index (χ3v) is 4.77. The van der Waals surface area contributed by atoms with Gasteiger partial charge in [0, 0.05) is 18.6 Å². The first kappa shape index (κ1) is 19.1. The van der Waals surface area contributed by atoms with Gasteiger partial charge in [-0.15, -0.1) is 0 Å². The number of nitrogens with two attached hydrogens (primary N) is 1. The van der Waals surface area contributed by atoms with Gasteiger partial charge in [-0.05, 0) is 41.6 Å². The molecule has 0 aliphatic rings. The van der Waals surface area contributed by atoms with E-state index in [1.54, 1.807) is 0 Å². The monoisotopic (exact) mass is 357 g/mol. The highest BCUT2D eigenvalue weighted by atomic mass is 14.9. The van der Waals surface area contributed by atoms with Gasteiger partial charge in [0.25, 0.3) is 0 Å². The summed E-state index contributed by atoms with van der Waals surface area (Å²) in [6, 6.07) is 23.5. The van der Waals surface area contributed by atoms with Crippen LogP contribution in [0.2, 0.25) is 0 Å². The molecule has 27 heavy (non-hydrogen) atoms. The van der Waals surface area contributed by atoms with Gasteiger partial charge >= 0.3 is 0 Å². The Bertz CT molecular complexity index is 818. The van der Waals surface area contributed by atoms with E-state index in [1.165, 1.54) is 41.5 Å². The van der Waals surface area contributed by atoms with E-state index < -0.39 is 0 Å². The zero-order valence-electron chi connectivity index (χ0n) is 15.9. The van der Waals surface area contributed by atoms with Gasteiger partial charge in [0.05, 0.1) is 0 Å². The smallest absolute Gasteiger partial charge is 0.169 e. The van der Waals surface area contributed by atoms with Crippen LogP contribution in [0.15, 0.2) is 79.1 Å². The van der Waals surface area contributed by atoms with E-state index in [0.29, 0.717) is 0 Å². The number of benzene rings is 2. The van der Waals surface area contributed by atoms with Crippen molar-refractivity contribution in [3.63, 3.8) is 0 Å². The summed E-state index contributed by atoms with van der Waals surface area (Å²) in [5.41, 5.74) is 10.5. The molecule has 0 saturated carbocycles. The van der Waals surface area contributed by atoms with Crippen molar-refractivity contribution in [2.45, 2.75) is 32.2 Å². The lowest BCUT2D eigenvalue weighted by atomic mass is 10.0. The van der Waals surface area contributed by atoms with Crippen LogP contribution in [-0.4, -0.2) is 6.54 Å². The van der Waals surface area contributed by atoms with Gasteiger partial charge in [0.2, 0.25) is 0 Å². The first-order chi connectivity index (χ1) is 13.3. The zero-order valence-corrected chi connectivity index (χ0v) is 15.9. The Labute approximate surface area is 163 Å². The maximum Gasteiger partial charge on any atom is 0.169 e. The van der Waals surface area contributed by atoms with Gasteiger partial charge in [-0.25, -0.2) is 4.57 Å². The van der Waals surface area contributed by atoms with Crippen molar-refractivity contribution in [2.75, 3.05) is 6.54 Å². The van der Waals surface area contributed by atoms with Crippen LogP contribution in [0.25, 0.3) is 23.3 Å². The molecule has 2 N–H and O–H groups in total. The van der Waals surface area contributed by atoms with Gasteiger partial charge in [-0.1, -0.05) is 73.2 Å². The molecule has 2 heteroatoms. The van der Waals surface area contributed by atoms with Crippen LogP contribution in [0.1, 0.15) is 36.8 Å². The van der Waals surface area contributed by atoms with E-state index >= 15 is 0 Å². The Morgan fingerprint density at radius 2 is 1.22 bits per heavy atom. The number of pyridine rings is 1. The van der Waals surface area contributed by atoms with E-state index in [0.717, 1.165) is 19.5 Å². The molecule has 0 radical (unpaired) electrons. The van der Waals surface area contributed by atoms with Crippen molar-refractivity contribution < 1.29 is 4.57 Å². The number of unbranched alkanes of at least 4 members (excludes halogenated alkanes) is 3. The molecule has 3 rings (SSSR count). The molecule has 0 fully saturated rings. The lowest BCUT2D eigenvalue weighted by Gasteiger charge is -2.02. The predicted molar refractivity (Wildman–Crippen MR) is 115 cm³/mol. The number of aryl methyl sites for hydroxylation is 1. The van der Waals surface area contributed by atoms with Crippen molar-refractivity contribution in [2.24, 2.45) is 5.73 Å². The second-order valence-corrected chi connectivity index (χ2v) is 6.89. The lowest BCUT2D eigenvalue weighted by Crippen LogP contribution is -2.32. The minimum Gasteiger partial charge on any atom is -0.330 e. The van der Waals surface area contributed by atoms with E-state index in [9.17, 15) is 0 Å². The number of hydrogen-bond donors (Lipinski definition) is 1. The quantitative estimate of drug-likeness (QED) is 0.407. The number of aromatic nitrogens is 1. The fourth-order valence-electron chi connectivity index (χ4n) is 3.13. The Hall–Kier alpha value is -2.71. The molecule has 0 spiro atoms. The maximum atomic E-state index is 5.53. The zero-order chi connectivity index (χ0) is 18.7. The van der Waals surface area contributed by atoms with Gasteiger partial charge in [-0.2, -0.15) is 0 Å². The molecule has 2 nitrogen and oxygen atoms in total. The second-order valence-electron chi connectivity index (χ2n) is 6.89. The standard InChI is InChI=1S/C25H29N2/c26-18-6-1-2-7-19-27-20-16-23(17-21-27)11-10-22-12-14-25(15-13-22)24-8-4-3-5-9-24/h3-5,8-17,20-21H,1-2,6-7,18-19,26H2/q+1/b11-10+. The molecule has 0 bridgehead atoms. The molecule has 1 aromatic heterocycles. The van der Waals surface area contributed by atoms with Crippen LogP contribution in [-0.2, 0) is 6.54 Å². The summed E-state index contributed by atoms with van der Waals surface area (Å²) in [6.07, 6.45) is 13.5. The topological polar surface area (TPSA) is 29.9 Å². The third-order valence-electron chi connectivity index (χ3n) is 4.77. The van der Waals surface area contributed by atoms with Crippen molar-refractivity contribution in [1.82, 2.24) is 0 Å². The number of nitrogens with zero attached hydrogens (tertiary/aromatic N) is 1. The van der Waals surface area contributed by atoms with E-state index in [-0.39, 0.29) is 0 Å². The van der Waals surface area contributed by atoms with Crippen molar-refractivity contribution >= 4 is 12.2 Å². The van der Waals surface area contributed by atoms with Crippen LogP contribution in [0.5, 0.6) is 0 Å². The Kier molecular flexibility index (Phi) is 7.37. The SMILES string of the molecule is NCCCCCC[n+]1ccc(/C=C/c2ccc(-c3ccccc3)cc2)cc1. The Balaban J connectivity index is 1.53. The van der Waals surface area contributed by atoms with Gasteiger partial charge in [-0.3, -0.25) is 0 Å². The summed E-state index contributed by atoms with van der Waals surface area (Å²) in [4.78, 5) is 0. The van der Waals surface area contributed by atoms with E-state index in [4.69, 9.17) is 5.73 Å². The summed E-state index contributed by atoms with van der Waals surface area (Å²) in [5, 5.41) is 0. The van der Waals surface area contributed by atoms with Crippen molar-refractivity contribution in [1.29, 1.82) is 0 Å². The van der Waals surface area contributed by atoms with Crippen molar-refractivity contribution in [3.8, 4) is 11.1 Å². The van der Waals surface area contributed by atoms with E-state index in [1.807, 2.05) is 6.07 Å². The molecular weight excluding hydrogens is 328 g/mol. The van der Waals surface area contributed by atoms with Crippen LogP contribution < -0.4 is 10.3 Å². The summed E-state index contributed by atoms with van der Waals surface area (Å²) in [7, 11) is 0. The third kappa shape index (κ3) is 6.19. The average molecular weight is 358 g/mol. The maximum absolute atomic E-state index is 5.53. The van der Waals surface area contributed by atoms with E-state index in [2.05, 4.69) is 89.8 Å². The van der Waals surface area contributed by atoms with Gasteiger partial charge in [0.15, 0.2) is 12.4 Å². The number of hydrogen-bond acceptors (Lipinski definition) is 1. The summed E-state index contributed by atoms with van der Waals surface area (Å²) < 4.78 is 2.26. The normalized spacial score (nSPS) is 11.1. The minimum absolute atomic E-state index is 0.809. The predicted octanol–water partition coefficient (Wildman–Crippen LogP) is 5.33. The van der Waals surface area contributed by atoms with Gasteiger partial charge in [0.1, 0.15) is 6.54 Å². The molecular formula is C25H29N2+. The molecule has 138 valence electrons. The molecule has 0 atom stereocenters. The fourth-order valence-corrected chi connectivity index (χ4v) is 3.13. The Morgan fingerprint density at radius 3 is 1.89 bits per heavy atom. The molecule has 2 aromatic carbocycles. The molecule has 0 aliphatic carbocycles. The fraction of sp³-hybridized carbons (Fsp3) is 0.240. The molecule has 0 unspecified atom stereocenters. The summed E-state index contributed by atoms with van der Waals surface area (Å²) >= 11 is 0. The summed E-state index contributed by atoms with van der Waals surface area (Å²) in [5.74, 6) is 0. The molecule has 3 aromatic rings. The highest BCUT2D eigenvalue weighted by Crippen LogP contribution is 2.20. The highest BCUT2D eigenvalue weighted by molar-refractivity contribution is 5.71. The van der Waals surface area contributed by atoms with Crippen LogP contribution >= 0.6 is 0 Å². The minimum atomic E-state index is 0.809. The average Bonchev–Trinajstić information content (AvgIpc) is 2.74. The largest absolute Gasteiger partial charge is 0.330 e. The van der Waals surface area contributed by atoms with Crippen LogP contribution in [0, 0.1) is 0 Å². The van der Waals surface area contributed by atoms with Crippen molar-refractivity contribution in [3.05, 3.63) is 90.3 Å². The first-order valence-electron chi connectivity index (χ1n) is 9.88. The van der Waals surface area contributed by atoms with Crippen LogP contribution in [0.3, 0.4) is 0 Å². The Morgan fingerprint density at radius 1 is 0.630 bits per heavy atom. The summed E-state index contributed by atoms with van der Waals surface area (Å²) in [6.45, 7) is 1.89. The first-order valence-corrected chi connectivity index (χ1v) is 9.88. The van der Waals surface area contributed by atoms with Gasteiger partial charge < -0.3 is 5.73 Å². The lowest BCUT2D eigenvalue weighted by molar-refractivity contribution is -0.697. The molecule has 0 saturated heterocycles.